The minimum atomic E-state index is -0.235. The molecule has 0 saturated carbocycles. The minimum absolute atomic E-state index is 0.0928. The number of rotatable bonds is 4. The molecule has 0 aliphatic heterocycles. The van der Waals surface area contributed by atoms with Crippen molar-refractivity contribution in [1.29, 1.82) is 0 Å². The second-order valence-electron chi connectivity index (χ2n) is 4.23. The van der Waals surface area contributed by atoms with E-state index in [0.717, 1.165) is 6.42 Å². The van der Waals surface area contributed by atoms with E-state index in [9.17, 15) is 5.11 Å². The van der Waals surface area contributed by atoms with Crippen LogP contribution in [-0.2, 0) is 0 Å². The fourth-order valence-corrected chi connectivity index (χ4v) is 2.82. The summed E-state index contributed by atoms with van der Waals surface area (Å²) in [4.78, 5) is 1.26. The van der Waals surface area contributed by atoms with Gasteiger partial charge >= 0.3 is 0 Å². The van der Waals surface area contributed by atoms with Crippen LogP contribution in [0.25, 0.3) is 0 Å². The second-order valence-corrected chi connectivity index (χ2v) is 6.01. The van der Waals surface area contributed by atoms with Gasteiger partial charge in [-0.2, -0.15) is 0 Å². The first-order valence-electron chi connectivity index (χ1n) is 4.92. The number of thioether (sulfide) groups is 1. The Morgan fingerprint density at radius 2 is 1.86 bits per heavy atom. The van der Waals surface area contributed by atoms with E-state index in [2.05, 4.69) is 26.0 Å². The van der Waals surface area contributed by atoms with Gasteiger partial charge in [-0.15, -0.1) is 11.8 Å². The molecule has 1 aromatic rings. The summed E-state index contributed by atoms with van der Waals surface area (Å²) in [5.41, 5.74) is 0. The van der Waals surface area contributed by atoms with Gasteiger partial charge in [-0.05, 0) is 25.5 Å². The van der Waals surface area contributed by atoms with Crippen LogP contribution in [-0.4, -0.2) is 16.0 Å². The molecule has 1 rings (SSSR count). The molecule has 0 amide bonds. The van der Waals surface area contributed by atoms with Crippen LogP contribution < -0.4 is 0 Å². The van der Waals surface area contributed by atoms with Crippen LogP contribution in [0, 0.1) is 0 Å². The SMILES string of the molecule is C[C@@H](O)CC(C)(C)Sc1ccccc1. The normalized spacial score (nSPS) is 14.0. The number of aliphatic hydroxyl groups excluding tert-OH is 1. The van der Waals surface area contributed by atoms with Gasteiger partial charge in [0, 0.05) is 9.64 Å². The molecule has 1 atom stereocenters. The summed E-state index contributed by atoms with van der Waals surface area (Å²) in [6.07, 6.45) is 0.577. The van der Waals surface area contributed by atoms with E-state index in [-0.39, 0.29) is 10.9 Å². The standard InChI is InChI=1S/C12H18OS/c1-10(13)9-12(2,3)14-11-7-5-4-6-8-11/h4-8,10,13H,9H2,1-3H3/t10-/m1/s1. The zero-order valence-electron chi connectivity index (χ0n) is 9.03. The molecule has 2 heteroatoms. The molecule has 0 heterocycles. The van der Waals surface area contributed by atoms with Crippen LogP contribution >= 0.6 is 11.8 Å². The van der Waals surface area contributed by atoms with Gasteiger partial charge in [-0.3, -0.25) is 0 Å². The first-order chi connectivity index (χ1) is 6.49. The highest BCUT2D eigenvalue weighted by atomic mass is 32.2. The molecule has 1 N–H and O–H groups in total. The molecule has 0 aliphatic rings. The molecule has 0 aliphatic carbocycles. The molecule has 0 aromatic heterocycles. The van der Waals surface area contributed by atoms with Gasteiger partial charge in [0.15, 0.2) is 0 Å². The molecule has 0 spiro atoms. The van der Waals surface area contributed by atoms with Crippen LogP contribution in [0.5, 0.6) is 0 Å². The minimum Gasteiger partial charge on any atom is -0.393 e. The van der Waals surface area contributed by atoms with Gasteiger partial charge in [0.2, 0.25) is 0 Å². The number of aliphatic hydroxyl groups is 1. The summed E-state index contributed by atoms with van der Waals surface area (Å²) < 4.78 is 0.0928. The fraction of sp³-hybridized carbons (Fsp3) is 0.500. The molecular formula is C12H18OS. The molecule has 14 heavy (non-hydrogen) atoms. The molecule has 0 unspecified atom stereocenters. The second kappa shape index (κ2) is 4.85. The van der Waals surface area contributed by atoms with Crippen LogP contribution in [0.15, 0.2) is 35.2 Å². The third-order valence-electron chi connectivity index (χ3n) is 1.92. The van der Waals surface area contributed by atoms with Crippen molar-refractivity contribution in [3.8, 4) is 0 Å². The van der Waals surface area contributed by atoms with Gasteiger partial charge < -0.3 is 5.11 Å². The van der Waals surface area contributed by atoms with Crippen LogP contribution in [0.1, 0.15) is 27.2 Å². The van der Waals surface area contributed by atoms with Gasteiger partial charge in [0.1, 0.15) is 0 Å². The first kappa shape index (κ1) is 11.6. The molecule has 1 nitrogen and oxygen atoms in total. The highest BCUT2D eigenvalue weighted by Gasteiger charge is 2.21. The van der Waals surface area contributed by atoms with E-state index in [1.165, 1.54) is 4.90 Å². The molecule has 0 fully saturated rings. The Hall–Kier alpha value is -0.470. The predicted octanol–water partition coefficient (Wildman–Crippen LogP) is 3.33. The Kier molecular flexibility index (Phi) is 4.02. The van der Waals surface area contributed by atoms with Crippen molar-refractivity contribution in [3.05, 3.63) is 30.3 Å². The molecule has 1 aromatic carbocycles. The van der Waals surface area contributed by atoms with Crippen molar-refractivity contribution in [2.75, 3.05) is 0 Å². The third kappa shape index (κ3) is 4.16. The predicted molar refractivity (Wildman–Crippen MR) is 62.7 cm³/mol. The largest absolute Gasteiger partial charge is 0.393 e. The Balaban J connectivity index is 2.59. The first-order valence-corrected chi connectivity index (χ1v) is 5.73. The lowest BCUT2D eigenvalue weighted by Gasteiger charge is -2.25. The van der Waals surface area contributed by atoms with Crippen LogP contribution in [0.3, 0.4) is 0 Å². The molecule has 0 radical (unpaired) electrons. The lowest BCUT2D eigenvalue weighted by molar-refractivity contribution is 0.174. The monoisotopic (exact) mass is 210 g/mol. The maximum Gasteiger partial charge on any atom is 0.0525 e. The number of hydrogen-bond acceptors (Lipinski definition) is 2. The van der Waals surface area contributed by atoms with E-state index in [1.807, 2.05) is 36.9 Å². The Bertz CT molecular complexity index is 267. The van der Waals surface area contributed by atoms with E-state index in [0.29, 0.717) is 0 Å². The Morgan fingerprint density at radius 1 is 1.29 bits per heavy atom. The smallest absolute Gasteiger partial charge is 0.0525 e. The zero-order valence-corrected chi connectivity index (χ0v) is 9.84. The summed E-state index contributed by atoms with van der Waals surface area (Å²) >= 11 is 1.81. The topological polar surface area (TPSA) is 20.2 Å². The molecule has 0 bridgehead atoms. The summed E-state index contributed by atoms with van der Waals surface area (Å²) in [5.74, 6) is 0. The Morgan fingerprint density at radius 3 is 2.36 bits per heavy atom. The van der Waals surface area contributed by atoms with E-state index < -0.39 is 0 Å². The lowest BCUT2D eigenvalue weighted by Crippen LogP contribution is -2.21. The number of hydrogen-bond donors (Lipinski definition) is 1. The number of benzene rings is 1. The van der Waals surface area contributed by atoms with Crippen molar-refractivity contribution in [2.24, 2.45) is 0 Å². The van der Waals surface area contributed by atoms with Crippen LogP contribution in [0.4, 0.5) is 0 Å². The third-order valence-corrected chi connectivity index (χ3v) is 3.15. The van der Waals surface area contributed by atoms with Crippen molar-refractivity contribution in [2.45, 2.75) is 42.9 Å². The van der Waals surface area contributed by atoms with Crippen molar-refractivity contribution < 1.29 is 5.11 Å². The molecule has 78 valence electrons. The highest BCUT2D eigenvalue weighted by Crippen LogP contribution is 2.35. The van der Waals surface area contributed by atoms with Gasteiger partial charge in [-0.25, -0.2) is 0 Å². The highest BCUT2D eigenvalue weighted by molar-refractivity contribution is 8.00. The fourth-order valence-electron chi connectivity index (χ4n) is 1.56. The lowest BCUT2D eigenvalue weighted by atomic mass is 10.1. The molecule has 0 saturated heterocycles. The van der Waals surface area contributed by atoms with Crippen molar-refractivity contribution in [3.63, 3.8) is 0 Å². The van der Waals surface area contributed by atoms with Crippen molar-refractivity contribution in [1.82, 2.24) is 0 Å². The quantitative estimate of drug-likeness (QED) is 0.769. The van der Waals surface area contributed by atoms with Crippen LogP contribution in [0.2, 0.25) is 0 Å². The van der Waals surface area contributed by atoms with Gasteiger partial charge in [0.25, 0.3) is 0 Å². The average Bonchev–Trinajstić information content (AvgIpc) is 2.02. The van der Waals surface area contributed by atoms with E-state index >= 15 is 0 Å². The summed E-state index contributed by atoms with van der Waals surface area (Å²) in [6.45, 7) is 6.17. The average molecular weight is 210 g/mol. The molecular weight excluding hydrogens is 192 g/mol. The summed E-state index contributed by atoms with van der Waals surface area (Å²) in [5, 5.41) is 9.35. The van der Waals surface area contributed by atoms with Crippen molar-refractivity contribution >= 4 is 11.8 Å². The van der Waals surface area contributed by atoms with E-state index in [4.69, 9.17) is 0 Å². The summed E-state index contributed by atoms with van der Waals surface area (Å²) in [7, 11) is 0. The Labute approximate surface area is 90.5 Å². The van der Waals surface area contributed by atoms with Gasteiger partial charge in [0.05, 0.1) is 6.10 Å². The van der Waals surface area contributed by atoms with Gasteiger partial charge in [-0.1, -0.05) is 32.0 Å². The van der Waals surface area contributed by atoms with E-state index in [1.54, 1.807) is 0 Å². The summed E-state index contributed by atoms with van der Waals surface area (Å²) in [6, 6.07) is 10.3. The zero-order chi connectivity index (χ0) is 10.6. The maximum absolute atomic E-state index is 9.35. The maximum atomic E-state index is 9.35.